The van der Waals surface area contributed by atoms with Crippen molar-refractivity contribution >= 4 is 5.78 Å². The molecule has 0 aromatic rings. The van der Waals surface area contributed by atoms with Crippen LogP contribution in [0.15, 0.2) is 0 Å². The lowest BCUT2D eigenvalue weighted by molar-refractivity contribution is -0.123. The number of carbonyl (C=O) groups is 1. The third-order valence-corrected chi connectivity index (χ3v) is 4.24. The van der Waals surface area contributed by atoms with Crippen LogP contribution in [0, 0.1) is 5.92 Å². The van der Waals surface area contributed by atoms with Crippen molar-refractivity contribution in [2.45, 2.75) is 44.6 Å². The van der Waals surface area contributed by atoms with Gasteiger partial charge < -0.3 is 9.84 Å². The number of piperidine rings is 1. The lowest BCUT2D eigenvalue weighted by atomic mass is 9.88. The number of aliphatic hydroxyl groups excluding tert-OH is 1. The Morgan fingerprint density at radius 2 is 2.11 bits per heavy atom. The number of ether oxygens (including phenoxy) is 1. The first-order valence-electron chi connectivity index (χ1n) is 7.28. The Bertz CT molecular complexity index is 270. The first kappa shape index (κ1) is 14.0. The first-order chi connectivity index (χ1) is 8.83. The minimum absolute atomic E-state index is 0.0878. The van der Waals surface area contributed by atoms with E-state index in [-0.39, 0.29) is 12.5 Å². The molecule has 1 aliphatic heterocycles. The van der Waals surface area contributed by atoms with Gasteiger partial charge in [0.25, 0.3) is 0 Å². The first-order valence-corrected chi connectivity index (χ1v) is 7.28. The number of nitrogens with zero attached hydrogens (tertiary/aromatic N) is 1. The van der Waals surface area contributed by atoms with Crippen LogP contribution in [0.4, 0.5) is 0 Å². The molecule has 1 heterocycles. The Morgan fingerprint density at radius 3 is 2.83 bits per heavy atom. The highest BCUT2D eigenvalue weighted by atomic mass is 16.5. The Balaban J connectivity index is 1.83. The van der Waals surface area contributed by atoms with Gasteiger partial charge in [-0.15, -0.1) is 0 Å². The zero-order valence-corrected chi connectivity index (χ0v) is 11.1. The number of aliphatic hydroxyl groups is 1. The summed E-state index contributed by atoms with van der Waals surface area (Å²) in [5, 5.41) is 8.68. The van der Waals surface area contributed by atoms with Crippen molar-refractivity contribution in [1.29, 1.82) is 0 Å². The molecule has 2 fully saturated rings. The summed E-state index contributed by atoms with van der Waals surface area (Å²) in [6.07, 6.45) is 6.60. The van der Waals surface area contributed by atoms with Crippen molar-refractivity contribution in [2.75, 3.05) is 32.9 Å². The monoisotopic (exact) mass is 255 g/mol. The summed E-state index contributed by atoms with van der Waals surface area (Å²) < 4.78 is 5.35. The zero-order chi connectivity index (χ0) is 12.8. The Labute approximate surface area is 109 Å². The molecule has 0 bridgehead atoms. The molecule has 18 heavy (non-hydrogen) atoms. The van der Waals surface area contributed by atoms with Gasteiger partial charge in [0.15, 0.2) is 0 Å². The van der Waals surface area contributed by atoms with Crippen molar-refractivity contribution in [2.24, 2.45) is 5.92 Å². The average molecular weight is 255 g/mol. The van der Waals surface area contributed by atoms with Crippen molar-refractivity contribution in [3.05, 3.63) is 0 Å². The summed E-state index contributed by atoms with van der Waals surface area (Å²) in [5.74, 6) is 0.756. The van der Waals surface area contributed by atoms with Gasteiger partial charge in [0.1, 0.15) is 5.78 Å². The zero-order valence-electron chi connectivity index (χ0n) is 11.1. The second kappa shape index (κ2) is 7.22. The lowest BCUT2D eigenvalue weighted by Gasteiger charge is -2.38. The van der Waals surface area contributed by atoms with Crippen LogP contribution in [-0.2, 0) is 9.53 Å². The molecule has 1 saturated carbocycles. The number of hydrogen-bond donors (Lipinski definition) is 1. The van der Waals surface area contributed by atoms with E-state index in [1.807, 2.05) is 0 Å². The van der Waals surface area contributed by atoms with Crippen molar-refractivity contribution in [1.82, 2.24) is 4.90 Å². The molecule has 2 unspecified atom stereocenters. The number of likely N-dealkylation sites (tertiary alicyclic amines) is 1. The molecule has 2 atom stereocenters. The van der Waals surface area contributed by atoms with E-state index in [4.69, 9.17) is 9.84 Å². The summed E-state index contributed by atoms with van der Waals surface area (Å²) in [6, 6.07) is 0.450. The van der Waals surface area contributed by atoms with Crippen molar-refractivity contribution in [3.8, 4) is 0 Å². The average Bonchev–Trinajstić information content (AvgIpc) is 2.81. The van der Waals surface area contributed by atoms with E-state index >= 15 is 0 Å². The molecule has 4 heteroatoms. The number of hydrogen-bond acceptors (Lipinski definition) is 4. The molecular formula is C14H25NO3. The molecule has 1 aliphatic carbocycles. The Kier molecular flexibility index (Phi) is 5.60. The van der Waals surface area contributed by atoms with Crippen LogP contribution in [0.5, 0.6) is 0 Å². The predicted molar refractivity (Wildman–Crippen MR) is 69.5 cm³/mol. The summed E-state index contributed by atoms with van der Waals surface area (Å²) in [7, 11) is 0. The van der Waals surface area contributed by atoms with Crippen LogP contribution in [-0.4, -0.2) is 54.7 Å². The van der Waals surface area contributed by atoms with Gasteiger partial charge in [-0.05, 0) is 32.2 Å². The quantitative estimate of drug-likeness (QED) is 0.725. The third-order valence-electron chi connectivity index (χ3n) is 4.24. The topological polar surface area (TPSA) is 49.8 Å². The Morgan fingerprint density at radius 1 is 1.22 bits per heavy atom. The van der Waals surface area contributed by atoms with Crippen molar-refractivity contribution in [3.63, 3.8) is 0 Å². The molecule has 0 amide bonds. The maximum Gasteiger partial charge on any atom is 0.137 e. The minimum Gasteiger partial charge on any atom is -0.394 e. The van der Waals surface area contributed by atoms with E-state index in [2.05, 4.69) is 4.90 Å². The summed E-state index contributed by atoms with van der Waals surface area (Å²) >= 11 is 0. The number of Topliss-reactive ketones (excluding diaryl/α,β-unsaturated/α-hetero) is 1. The van der Waals surface area contributed by atoms with Gasteiger partial charge in [-0.1, -0.05) is 6.42 Å². The highest BCUT2D eigenvalue weighted by molar-refractivity contribution is 5.83. The van der Waals surface area contributed by atoms with Crippen LogP contribution >= 0.6 is 0 Å². The SMILES string of the molecule is O=C1CCCC1C1CCCCN1CCOCCO. The molecule has 1 N–H and O–H groups in total. The van der Waals surface area contributed by atoms with Crippen LogP contribution < -0.4 is 0 Å². The number of rotatable bonds is 6. The van der Waals surface area contributed by atoms with Gasteiger partial charge in [-0.25, -0.2) is 0 Å². The number of ketones is 1. The fourth-order valence-electron chi connectivity index (χ4n) is 3.35. The summed E-state index contributed by atoms with van der Waals surface area (Å²) in [5.41, 5.74) is 0. The molecule has 2 rings (SSSR count). The molecule has 1 saturated heterocycles. The molecule has 0 radical (unpaired) electrons. The smallest absolute Gasteiger partial charge is 0.137 e. The van der Waals surface area contributed by atoms with E-state index in [1.54, 1.807) is 0 Å². The Hall–Kier alpha value is -0.450. The minimum atomic E-state index is 0.0878. The van der Waals surface area contributed by atoms with E-state index in [1.165, 1.54) is 12.8 Å². The fraction of sp³-hybridized carbons (Fsp3) is 0.929. The van der Waals surface area contributed by atoms with Gasteiger partial charge in [0.2, 0.25) is 0 Å². The largest absolute Gasteiger partial charge is 0.394 e. The normalized spacial score (nSPS) is 29.9. The van der Waals surface area contributed by atoms with Gasteiger partial charge in [0, 0.05) is 24.9 Å². The third kappa shape index (κ3) is 3.53. The maximum atomic E-state index is 11.9. The second-order valence-corrected chi connectivity index (χ2v) is 5.40. The molecule has 4 nitrogen and oxygen atoms in total. The van der Waals surface area contributed by atoms with E-state index in [0.29, 0.717) is 25.0 Å². The molecule has 2 aliphatic rings. The summed E-state index contributed by atoms with van der Waals surface area (Å²) in [4.78, 5) is 14.3. The van der Waals surface area contributed by atoms with Crippen LogP contribution in [0.3, 0.4) is 0 Å². The van der Waals surface area contributed by atoms with E-state index in [9.17, 15) is 4.79 Å². The van der Waals surface area contributed by atoms with Gasteiger partial charge >= 0.3 is 0 Å². The van der Waals surface area contributed by atoms with Crippen LogP contribution in [0.25, 0.3) is 0 Å². The van der Waals surface area contributed by atoms with Crippen LogP contribution in [0.1, 0.15) is 38.5 Å². The molecule has 0 aromatic heterocycles. The fourth-order valence-corrected chi connectivity index (χ4v) is 3.35. The second-order valence-electron chi connectivity index (χ2n) is 5.40. The molecule has 0 spiro atoms. The standard InChI is InChI=1S/C14H25NO3/c16-9-11-18-10-8-15-7-2-1-5-13(15)12-4-3-6-14(12)17/h12-13,16H,1-11H2. The van der Waals surface area contributed by atoms with Gasteiger partial charge in [-0.2, -0.15) is 0 Å². The maximum absolute atomic E-state index is 11.9. The highest BCUT2D eigenvalue weighted by Crippen LogP contribution is 2.32. The molecule has 104 valence electrons. The van der Waals surface area contributed by atoms with E-state index < -0.39 is 0 Å². The highest BCUT2D eigenvalue weighted by Gasteiger charge is 2.36. The van der Waals surface area contributed by atoms with Crippen LogP contribution in [0.2, 0.25) is 0 Å². The molecular weight excluding hydrogens is 230 g/mol. The number of carbonyl (C=O) groups excluding carboxylic acids is 1. The van der Waals surface area contributed by atoms with Gasteiger partial charge in [0.05, 0.1) is 19.8 Å². The predicted octanol–water partition coefficient (Wildman–Crippen LogP) is 1.22. The molecule has 0 aromatic carbocycles. The van der Waals surface area contributed by atoms with Crippen molar-refractivity contribution < 1.29 is 14.6 Å². The lowest BCUT2D eigenvalue weighted by Crippen LogP contribution is -2.46. The van der Waals surface area contributed by atoms with E-state index in [0.717, 1.165) is 38.8 Å². The van der Waals surface area contributed by atoms with Gasteiger partial charge in [-0.3, -0.25) is 9.69 Å². The summed E-state index contributed by atoms with van der Waals surface area (Å²) in [6.45, 7) is 3.16.